The van der Waals surface area contributed by atoms with Gasteiger partial charge in [-0.05, 0) is 45.1 Å². The van der Waals surface area contributed by atoms with Gasteiger partial charge in [0.2, 0.25) is 0 Å². The molecule has 0 bridgehead atoms. The topological polar surface area (TPSA) is 88.1 Å². The van der Waals surface area contributed by atoms with Crippen LogP contribution in [-0.2, 0) is 11.3 Å². The number of hydrogen-bond donors (Lipinski definition) is 2. The number of carboxylic acid groups (broad SMARTS) is 1. The lowest BCUT2D eigenvalue weighted by atomic mass is 9.84. The fourth-order valence-electron chi connectivity index (χ4n) is 3.84. The molecule has 1 fully saturated rings. The van der Waals surface area contributed by atoms with E-state index in [1.807, 2.05) is 51.1 Å². The van der Waals surface area contributed by atoms with Crippen LogP contribution < -0.4 is 10.1 Å². The third kappa shape index (κ3) is 5.91. The van der Waals surface area contributed by atoms with Gasteiger partial charge in [-0.3, -0.25) is 5.32 Å². The lowest BCUT2D eigenvalue weighted by molar-refractivity contribution is 0.0569. The van der Waals surface area contributed by atoms with Crippen molar-refractivity contribution in [2.24, 2.45) is 5.41 Å². The molecular formula is C23H27BrN2O5. The number of hydrogen-bond acceptors (Lipinski definition) is 4. The van der Waals surface area contributed by atoms with Crippen LogP contribution in [0.25, 0.3) is 0 Å². The van der Waals surface area contributed by atoms with Gasteiger partial charge >= 0.3 is 12.2 Å². The molecule has 1 unspecified atom stereocenters. The summed E-state index contributed by atoms with van der Waals surface area (Å²) in [4.78, 5) is 25.2. The first-order chi connectivity index (χ1) is 14.6. The number of likely N-dealkylation sites (tertiary alicyclic amines) is 1. The van der Waals surface area contributed by atoms with Crippen molar-refractivity contribution in [3.8, 4) is 5.75 Å². The van der Waals surface area contributed by atoms with Crippen molar-refractivity contribution in [3.63, 3.8) is 0 Å². The molecule has 0 aromatic heterocycles. The molecule has 0 radical (unpaired) electrons. The molecule has 3 rings (SSSR count). The zero-order chi connectivity index (χ0) is 22.6. The number of halogens is 1. The highest BCUT2D eigenvalue weighted by Crippen LogP contribution is 2.37. The van der Waals surface area contributed by atoms with Gasteiger partial charge in [0.15, 0.2) is 0 Å². The quantitative estimate of drug-likeness (QED) is 0.557. The number of rotatable bonds is 5. The minimum atomic E-state index is -0.932. The van der Waals surface area contributed by atoms with E-state index in [1.165, 1.54) is 4.90 Å². The molecule has 2 aromatic rings. The molecule has 0 saturated carbocycles. The van der Waals surface area contributed by atoms with E-state index in [-0.39, 0.29) is 24.2 Å². The molecule has 8 heteroatoms. The van der Waals surface area contributed by atoms with E-state index >= 15 is 0 Å². The van der Waals surface area contributed by atoms with Crippen LogP contribution in [0.3, 0.4) is 0 Å². The Labute approximate surface area is 190 Å². The number of amides is 2. The van der Waals surface area contributed by atoms with Crippen LogP contribution in [0.1, 0.15) is 32.8 Å². The summed E-state index contributed by atoms with van der Waals surface area (Å²) in [5.41, 5.74) is 1.20. The number of anilines is 1. The normalized spacial score (nSPS) is 18.5. The zero-order valence-corrected chi connectivity index (χ0v) is 19.4. The average molecular weight is 491 g/mol. The van der Waals surface area contributed by atoms with Crippen molar-refractivity contribution in [2.45, 2.75) is 45.9 Å². The van der Waals surface area contributed by atoms with Crippen molar-refractivity contribution in [1.29, 1.82) is 0 Å². The number of nitrogens with zero attached hydrogens (tertiary/aromatic N) is 1. The summed E-state index contributed by atoms with van der Waals surface area (Å²) in [6.07, 6.45) is -1.13. The Kier molecular flexibility index (Phi) is 7.10. The number of benzene rings is 2. The predicted molar refractivity (Wildman–Crippen MR) is 121 cm³/mol. The fraction of sp³-hybridized carbons (Fsp3) is 0.391. The summed E-state index contributed by atoms with van der Waals surface area (Å²) in [6, 6.07) is 14.4. The Bertz CT molecular complexity index is 929. The first-order valence-electron chi connectivity index (χ1n) is 10.1. The molecule has 1 heterocycles. The van der Waals surface area contributed by atoms with Gasteiger partial charge in [0, 0.05) is 18.7 Å². The second-order valence-corrected chi connectivity index (χ2v) is 9.42. The maximum Gasteiger partial charge on any atom is 0.411 e. The van der Waals surface area contributed by atoms with Crippen molar-refractivity contribution in [3.05, 3.63) is 58.6 Å². The highest BCUT2D eigenvalue weighted by atomic mass is 79.9. The number of carbonyl (C=O) groups is 2. The smallest absolute Gasteiger partial charge is 0.411 e. The molecule has 2 N–H and O–H groups in total. The van der Waals surface area contributed by atoms with Gasteiger partial charge in [-0.25, -0.2) is 9.59 Å². The largest absolute Gasteiger partial charge is 0.487 e. The van der Waals surface area contributed by atoms with Crippen LogP contribution in [0, 0.1) is 5.41 Å². The Balaban J connectivity index is 1.62. The second kappa shape index (κ2) is 9.60. The molecule has 1 aliphatic heterocycles. The molecule has 166 valence electrons. The van der Waals surface area contributed by atoms with E-state index in [2.05, 4.69) is 21.2 Å². The van der Waals surface area contributed by atoms with Gasteiger partial charge in [-0.2, -0.15) is 0 Å². The van der Waals surface area contributed by atoms with Gasteiger partial charge < -0.3 is 19.5 Å². The molecule has 7 nitrogen and oxygen atoms in total. The van der Waals surface area contributed by atoms with Gasteiger partial charge in [0.05, 0.1) is 10.5 Å². The molecular weight excluding hydrogens is 464 g/mol. The molecule has 1 aliphatic rings. The molecule has 2 aromatic carbocycles. The zero-order valence-electron chi connectivity index (χ0n) is 17.8. The van der Waals surface area contributed by atoms with Gasteiger partial charge in [0.25, 0.3) is 0 Å². The maximum absolute atomic E-state index is 12.1. The van der Waals surface area contributed by atoms with Crippen LogP contribution in [0.2, 0.25) is 0 Å². The number of nitrogens with one attached hydrogen (secondary N) is 1. The van der Waals surface area contributed by atoms with E-state index in [9.17, 15) is 14.7 Å². The molecule has 0 spiro atoms. The fourth-order valence-corrected chi connectivity index (χ4v) is 4.31. The minimum Gasteiger partial charge on any atom is -0.487 e. The maximum atomic E-state index is 12.1. The monoisotopic (exact) mass is 490 g/mol. The standard InChI is InChI=1S/C23H27BrN2O5/c1-23(2,3)20-19(11-12-26(20)22(28)29)31-18-10-9-16(13-17(18)24)25-21(27)30-14-15-7-5-4-6-8-15/h4-10,13,19-20H,11-12,14H2,1-3H3,(H,25,27)(H,28,29)/t19?,20-/m1/s1. The predicted octanol–water partition coefficient (Wildman–Crippen LogP) is 5.74. The van der Waals surface area contributed by atoms with Crippen LogP contribution in [0.5, 0.6) is 5.75 Å². The SMILES string of the molecule is CC(C)(C)[C@H]1C(Oc2ccc(NC(=O)OCc3ccccc3)cc2Br)CCN1C(=O)O. The van der Waals surface area contributed by atoms with E-state index in [0.29, 0.717) is 28.9 Å². The number of carbonyl (C=O) groups excluding carboxylic acids is 1. The Morgan fingerprint density at radius 3 is 2.52 bits per heavy atom. The van der Waals surface area contributed by atoms with E-state index in [1.54, 1.807) is 18.2 Å². The Morgan fingerprint density at radius 1 is 1.19 bits per heavy atom. The first kappa shape index (κ1) is 22.9. The summed E-state index contributed by atoms with van der Waals surface area (Å²) in [7, 11) is 0. The average Bonchev–Trinajstić information content (AvgIpc) is 3.14. The van der Waals surface area contributed by atoms with Crippen molar-refractivity contribution < 1.29 is 24.2 Å². The highest BCUT2D eigenvalue weighted by Gasteiger charge is 2.45. The van der Waals surface area contributed by atoms with Crippen molar-refractivity contribution >= 4 is 33.8 Å². The molecule has 1 saturated heterocycles. The number of ether oxygens (including phenoxy) is 2. The van der Waals surface area contributed by atoms with E-state index < -0.39 is 12.2 Å². The Hall–Kier alpha value is -2.74. The molecule has 0 aliphatic carbocycles. The summed E-state index contributed by atoms with van der Waals surface area (Å²) in [6.45, 7) is 6.66. The summed E-state index contributed by atoms with van der Waals surface area (Å²) in [5.74, 6) is 0.592. The minimum absolute atomic E-state index is 0.186. The Morgan fingerprint density at radius 2 is 1.90 bits per heavy atom. The van der Waals surface area contributed by atoms with Crippen molar-refractivity contribution in [1.82, 2.24) is 4.90 Å². The molecule has 2 amide bonds. The van der Waals surface area contributed by atoms with Gasteiger partial charge in [0.1, 0.15) is 18.5 Å². The summed E-state index contributed by atoms with van der Waals surface area (Å²) >= 11 is 3.49. The van der Waals surface area contributed by atoms with Gasteiger partial charge in [-0.15, -0.1) is 0 Å². The van der Waals surface area contributed by atoms with E-state index in [4.69, 9.17) is 9.47 Å². The van der Waals surface area contributed by atoms with Crippen LogP contribution in [0.4, 0.5) is 15.3 Å². The summed E-state index contributed by atoms with van der Waals surface area (Å²) in [5, 5.41) is 12.2. The second-order valence-electron chi connectivity index (χ2n) is 8.56. The van der Waals surface area contributed by atoms with Crippen LogP contribution in [-0.4, -0.2) is 40.9 Å². The van der Waals surface area contributed by atoms with E-state index in [0.717, 1.165) is 5.56 Å². The third-order valence-electron chi connectivity index (χ3n) is 5.14. The lowest BCUT2D eigenvalue weighted by Crippen LogP contribution is -2.48. The molecule has 2 atom stereocenters. The summed E-state index contributed by atoms with van der Waals surface area (Å²) < 4.78 is 12.1. The van der Waals surface area contributed by atoms with Crippen LogP contribution >= 0.6 is 15.9 Å². The first-order valence-corrected chi connectivity index (χ1v) is 10.9. The molecule has 31 heavy (non-hydrogen) atoms. The van der Waals surface area contributed by atoms with Crippen molar-refractivity contribution in [2.75, 3.05) is 11.9 Å². The van der Waals surface area contributed by atoms with Crippen LogP contribution in [0.15, 0.2) is 53.0 Å². The third-order valence-corrected chi connectivity index (χ3v) is 5.76. The highest BCUT2D eigenvalue weighted by molar-refractivity contribution is 9.10. The lowest BCUT2D eigenvalue weighted by Gasteiger charge is -2.36. The van der Waals surface area contributed by atoms with Gasteiger partial charge in [-0.1, -0.05) is 51.1 Å².